The van der Waals surface area contributed by atoms with E-state index in [2.05, 4.69) is 28.6 Å². The van der Waals surface area contributed by atoms with Crippen molar-refractivity contribution in [2.45, 2.75) is 0 Å². The molecule has 2 N–H and O–H groups in total. The van der Waals surface area contributed by atoms with E-state index in [0.717, 1.165) is 0 Å². The summed E-state index contributed by atoms with van der Waals surface area (Å²) >= 11 is 0. The van der Waals surface area contributed by atoms with Crippen LogP contribution in [0.3, 0.4) is 0 Å². The molecule has 0 fully saturated rings. The topological polar surface area (TPSA) is 63.1 Å². The van der Waals surface area contributed by atoms with Gasteiger partial charge in [-0.05, 0) is 5.22 Å². The van der Waals surface area contributed by atoms with E-state index in [1.54, 1.807) is 0 Å². The van der Waals surface area contributed by atoms with Crippen molar-refractivity contribution in [3.05, 3.63) is 24.8 Å². The average Bonchev–Trinajstić information content (AvgIpc) is 1.98. The quantitative estimate of drug-likeness (QED) is 0.205. The summed E-state index contributed by atoms with van der Waals surface area (Å²) in [5, 5.41) is 10.2. The van der Waals surface area contributed by atoms with Crippen molar-refractivity contribution in [2.75, 3.05) is 7.05 Å². The van der Waals surface area contributed by atoms with Crippen LogP contribution in [0.4, 0.5) is 0 Å². The molecule has 0 spiro atoms. The molecule has 10 heavy (non-hydrogen) atoms. The van der Waals surface area contributed by atoms with E-state index in [1.807, 2.05) is 0 Å². The van der Waals surface area contributed by atoms with E-state index in [1.165, 1.54) is 13.1 Å². The lowest BCUT2D eigenvalue weighted by Crippen LogP contribution is -2.11. The van der Waals surface area contributed by atoms with Gasteiger partial charge in [-0.25, -0.2) is 0 Å². The molecule has 0 bridgehead atoms. The molecule has 4 heteroatoms. The van der Waals surface area contributed by atoms with Gasteiger partial charge in [0.15, 0.2) is 5.84 Å². The van der Waals surface area contributed by atoms with Crippen LogP contribution in [0.1, 0.15) is 0 Å². The lowest BCUT2D eigenvalue weighted by molar-refractivity contribution is 1.02. The second-order valence-electron chi connectivity index (χ2n) is 1.50. The molecule has 0 radical (unpaired) electrons. The summed E-state index contributed by atoms with van der Waals surface area (Å²) in [5.74, 6) is 0.237. The zero-order valence-electron chi connectivity index (χ0n) is 5.91. The van der Waals surface area contributed by atoms with Gasteiger partial charge in [0, 0.05) is 5.57 Å². The van der Waals surface area contributed by atoms with Crippen molar-refractivity contribution in [1.29, 1.82) is 0 Å². The van der Waals surface area contributed by atoms with Crippen LogP contribution < -0.4 is 5.73 Å². The summed E-state index contributed by atoms with van der Waals surface area (Å²) in [4.78, 5) is 0. The van der Waals surface area contributed by atoms with Crippen molar-refractivity contribution in [2.24, 2.45) is 21.2 Å². The first-order valence-corrected chi connectivity index (χ1v) is 2.66. The van der Waals surface area contributed by atoms with Gasteiger partial charge in [0.05, 0.1) is 7.05 Å². The van der Waals surface area contributed by atoms with Gasteiger partial charge in [-0.2, -0.15) is 5.11 Å². The summed E-state index contributed by atoms with van der Waals surface area (Å²) in [6.07, 6.45) is 1.50. The molecule has 0 aliphatic rings. The Balaban J connectivity index is 4.18. The monoisotopic (exact) mass is 138 g/mol. The van der Waals surface area contributed by atoms with Crippen molar-refractivity contribution in [1.82, 2.24) is 0 Å². The van der Waals surface area contributed by atoms with Gasteiger partial charge in [0.1, 0.15) is 0 Å². The highest BCUT2D eigenvalue weighted by Crippen LogP contribution is 1.90. The molecule has 0 atom stereocenters. The smallest absolute Gasteiger partial charge is 0.154 e. The van der Waals surface area contributed by atoms with E-state index in [4.69, 9.17) is 5.73 Å². The van der Waals surface area contributed by atoms with Gasteiger partial charge in [0.25, 0.3) is 0 Å². The lowest BCUT2D eigenvalue weighted by Gasteiger charge is -1.92. The predicted molar refractivity (Wildman–Crippen MR) is 41.7 cm³/mol. The minimum Gasteiger partial charge on any atom is -0.382 e. The highest BCUT2D eigenvalue weighted by molar-refractivity contribution is 5.98. The number of rotatable bonds is 3. The van der Waals surface area contributed by atoms with E-state index in [9.17, 15) is 0 Å². The lowest BCUT2D eigenvalue weighted by atomic mass is 10.3. The van der Waals surface area contributed by atoms with Crippen LogP contribution in [0.5, 0.6) is 0 Å². The third kappa shape index (κ3) is 2.76. The molecule has 0 aromatic heterocycles. The average molecular weight is 138 g/mol. The van der Waals surface area contributed by atoms with Crippen LogP contribution in [-0.4, -0.2) is 12.9 Å². The summed E-state index contributed by atoms with van der Waals surface area (Å²) in [7, 11) is 1.51. The van der Waals surface area contributed by atoms with Gasteiger partial charge in [-0.1, -0.05) is 19.2 Å². The molecule has 4 nitrogen and oxygen atoms in total. The minimum absolute atomic E-state index is 0.237. The molecule has 0 aliphatic carbocycles. The third-order valence-corrected chi connectivity index (χ3v) is 0.817. The number of nitrogens with two attached hydrogens (primary N) is 1. The number of hydrogen-bond donors (Lipinski definition) is 1. The Morgan fingerprint density at radius 1 is 1.60 bits per heavy atom. The largest absolute Gasteiger partial charge is 0.382 e. The molecular weight excluding hydrogens is 128 g/mol. The molecule has 0 amide bonds. The SMILES string of the molecule is C=CC(=C)C(N)=NN=NC. The first kappa shape index (κ1) is 8.55. The van der Waals surface area contributed by atoms with Gasteiger partial charge in [-0.15, -0.1) is 5.10 Å². The van der Waals surface area contributed by atoms with E-state index in [-0.39, 0.29) is 5.84 Å². The normalized spacial score (nSPS) is 11.9. The maximum absolute atomic E-state index is 5.34. The first-order valence-electron chi connectivity index (χ1n) is 2.66. The number of nitrogens with zero attached hydrogens (tertiary/aromatic N) is 3. The van der Waals surface area contributed by atoms with E-state index >= 15 is 0 Å². The standard InChI is InChI=1S/C6H10N4/c1-4-5(2)6(7)9-10-8-3/h4H,1-2H2,3H3,(H2,7,8,9). The van der Waals surface area contributed by atoms with Gasteiger partial charge >= 0.3 is 0 Å². The van der Waals surface area contributed by atoms with Gasteiger partial charge in [-0.3, -0.25) is 0 Å². The molecule has 0 aromatic rings. The maximum atomic E-state index is 5.34. The molecule has 54 valence electrons. The summed E-state index contributed by atoms with van der Waals surface area (Å²) in [6.45, 7) is 7.01. The highest BCUT2D eigenvalue weighted by Gasteiger charge is 1.90. The molecular formula is C6H10N4. The molecule has 0 saturated carbocycles. The Bertz CT molecular complexity index is 190. The fourth-order valence-corrected chi connectivity index (χ4v) is 0.262. The summed E-state index contributed by atoms with van der Waals surface area (Å²) in [5.41, 5.74) is 5.89. The van der Waals surface area contributed by atoms with Crippen molar-refractivity contribution in [3.63, 3.8) is 0 Å². The van der Waals surface area contributed by atoms with Crippen LogP contribution in [0, 0.1) is 0 Å². The summed E-state index contributed by atoms with van der Waals surface area (Å²) < 4.78 is 0. The van der Waals surface area contributed by atoms with Crippen LogP contribution in [0.15, 0.2) is 40.2 Å². The fraction of sp³-hybridized carbons (Fsp3) is 0.167. The fourth-order valence-electron chi connectivity index (χ4n) is 0.262. The number of hydrogen-bond acceptors (Lipinski definition) is 2. The zero-order chi connectivity index (χ0) is 7.98. The first-order chi connectivity index (χ1) is 4.72. The molecule has 0 saturated heterocycles. The predicted octanol–water partition coefficient (Wildman–Crippen LogP) is 1.08. The van der Waals surface area contributed by atoms with Gasteiger partial charge in [0.2, 0.25) is 0 Å². The zero-order valence-corrected chi connectivity index (χ0v) is 5.91. The summed E-state index contributed by atoms with van der Waals surface area (Å²) in [6, 6.07) is 0. The second-order valence-corrected chi connectivity index (χ2v) is 1.50. The van der Waals surface area contributed by atoms with Crippen LogP contribution in [0.25, 0.3) is 0 Å². The van der Waals surface area contributed by atoms with Gasteiger partial charge < -0.3 is 5.73 Å². The molecule has 0 heterocycles. The van der Waals surface area contributed by atoms with E-state index in [0.29, 0.717) is 5.57 Å². The Morgan fingerprint density at radius 3 is 2.60 bits per heavy atom. The van der Waals surface area contributed by atoms with Crippen LogP contribution in [0.2, 0.25) is 0 Å². The third-order valence-electron chi connectivity index (χ3n) is 0.817. The molecule has 0 aliphatic heterocycles. The Hall–Kier alpha value is -1.45. The molecule has 0 rings (SSSR count). The minimum atomic E-state index is 0.237. The van der Waals surface area contributed by atoms with Crippen molar-refractivity contribution in [3.8, 4) is 0 Å². The maximum Gasteiger partial charge on any atom is 0.154 e. The molecule has 0 unspecified atom stereocenters. The van der Waals surface area contributed by atoms with Crippen LogP contribution in [-0.2, 0) is 0 Å². The second kappa shape index (κ2) is 4.43. The Morgan fingerprint density at radius 2 is 2.20 bits per heavy atom. The highest BCUT2D eigenvalue weighted by atomic mass is 15.4. The molecule has 0 aromatic carbocycles. The van der Waals surface area contributed by atoms with Crippen molar-refractivity contribution < 1.29 is 0 Å². The van der Waals surface area contributed by atoms with Crippen molar-refractivity contribution >= 4 is 5.84 Å². The van der Waals surface area contributed by atoms with Crippen LogP contribution >= 0.6 is 0 Å². The Kier molecular flexibility index (Phi) is 3.79. The Labute approximate surface area is 59.8 Å². The number of amidine groups is 1. The van der Waals surface area contributed by atoms with E-state index < -0.39 is 0 Å².